The number of amides is 1. The monoisotopic (exact) mass is 398 g/mol. The molecule has 9 heteroatoms. The summed E-state index contributed by atoms with van der Waals surface area (Å²) in [5, 5.41) is 2.66. The van der Waals surface area contributed by atoms with E-state index in [0.29, 0.717) is 11.3 Å². The van der Waals surface area contributed by atoms with Crippen LogP contribution in [0.5, 0.6) is 0 Å². The summed E-state index contributed by atoms with van der Waals surface area (Å²) < 4.78 is 65.9. The lowest BCUT2D eigenvalue weighted by molar-refractivity contribution is -0.137. The number of benzene rings is 2. The second kappa shape index (κ2) is 6.88. The zero-order valence-corrected chi connectivity index (χ0v) is 15.1. The summed E-state index contributed by atoms with van der Waals surface area (Å²) in [6, 6.07) is 8.36. The van der Waals surface area contributed by atoms with Crippen molar-refractivity contribution in [3.8, 4) is 0 Å². The van der Waals surface area contributed by atoms with Gasteiger partial charge in [-0.3, -0.25) is 9.52 Å². The van der Waals surface area contributed by atoms with Crippen molar-refractivity contribution in [2.24, 2.45) is 5.92 Å². The molecule has 2 aromatic rings. The van der Waals surface area contributed by atoms with Crippen LogP contribution in [0.2, 0.25) is 0 Å². The number of anilines is 2. The van der Waals surface area contributed by atoms with E-state index in [0.717, 1.165) is 31.0 Å². The molecule has 1 amide bonds. The number of nitrogens with one attached hydrogen (secondary N) is 2. The van der Waals surface area contributed by atoms with E-state index in [1.807, 2.05) is 0 Å². The van der Waals surface area contributed by atoms with E-state index in [-0.39, 0.29) is 22.4 Å². The molecule has 0 heterocycles. The number of carbonyl (C=O) groups excluding carboxylic acids is 1. The molecule has 5 nitrogen and oxygen atoms in total. The van der Waals surface area contributed by atoms with Crippen LogP contribution >= 0.6 is 0 Å². The molecule has 1 fully saturated rings. The quantitative estimate of drug-likeness (QED) is 0.794. The number of aryl methyl sites for hydroxylation is 1. The van der Waals surface area contributed by atoms with Crippen molar-refractivity contribution >= 4 is 27.3 Å². The van der Waals surface area contributed by atoms with Crippen LogP contribution in [0.3, 0.4) is 0 Å². The fraction of sp³-hybridized carbons (Fsp3) is 0.278. The molecule has 3 rings (SSSR count). The first-order valence-corrected chi connectivity index (χ1v) is 9.66. The number of hydrogen-bond acceptors (Lipinski definition) is 3. The Kier molecular flexibility index (Phi) is 4.90. The molecule has 144 valence electrons. The van der Waals surface area contributed by atoms with Crippen molar-refractivity contribution < 1.29 is 26.4 Å². The van der Waals surface area contributed by atoms with Crippen molar-refractivity contribution in [1.82, 2.24) is 0 Å². The molecule has 27 heavy (non-hydrogen) atoms. The van der Waals surface area contributed by atoms with Crippen LogP contribution < -0.4 is 10.0 Å². The summed E-state index contributed by atoms with van der Waals surface area (Å²) in [5.41, 5.74) is -0.428. The van der Waals surface area contributed by atoms with Gasteiger partial charge in [0.25, 0.3) is 10.0 Å². The molecule has 2 aromatic carbocycles. The molecule has 0 saturated heterocycles. The number of carbonyl (C=O) groups is 1. The van der Waals surface area contributed by atoms with Gasteiger partial charge in [0.2, 0.25) is 5.91 Å². The van der Waals surface area contributed by atoms with Crippen LogP contribution in [0.15, 0.2) is 47.4 Å². The molecule has 0 aliphatic heterocycles. The topological polar surface area (TPSA) is 75.3 Å². The second-order valence-corrected chi connectivity index (χ2v) is 8.08. The number of sulfonamides is 1. The van der Waals surface area contributed by atoms with Crippen LogP contribution in [-0.2, 0) is 21.0 Å². The SMILES string of the molecule is Cc1ccc(NC(=O)C2CC2)cc1S(=O)(=O)Nc1cccc(C(F)(F)F)c1. The fourth-order valence-corrected chi connectivity index (χ4v) is 3.85. The Labute approximate surface area is 154 Å². The Hall–Kier alpha value is -2.55. The lowest BCUT2D eigenvalue weighted by Crippen LogP contribution is -2.17. The molecular weight excluding hydrogens is 381 g/mol. The first-order chi connectivity index (χ1) is 12.6. The second-order valence-electron chi connectivity index (χ2n) is 6.43. The zero-order chi connectivity index (χ0) is 19.8. The van der Waals surface area contributed by atoms with Gasteiger partial charge in [0.1, 0.15) is 0 Å². The van der Waals surface area contributed by atoms with Crippen molar-refractivity contribution in [3.05, 3.63) is 53.6 Å². The predicted molar refractivity (Wildman–Crippen MR) is 94.8 cm³/mol. The van der Waals surface area contributed by atoms with Gasteiger partial charge in [-0.05, 0) is 55.7 Å². The predicted octanol–water partition coefficient (Wildman–Crippen LogP) is 4.16. The highest BCUT2D eigenvalue weighted by Crippen LogP contribution is 2.32. The Morgan fingerprint density at radius 2 is 1.78 bits per heavy atom. The van der Waals surface area contributed by atoms with Crippen LogP contribution in [0, 0.1) is 12.8 Å². The fourth-order valence-electron chi connectivity index (χ4n) is 2.53. The molecule has 0 aromatic heterocycles. The van der Waals surface area contributed by atoms with Gasteiger partial charge in [-0.15, -0.1) is 0 Å². The molecule has 0 unspecified atom stereocenters. The standard InChI is InChI=1S/C18H17F3N2O3S/c1-11-5-8-14(22-17(24)12-6-7-12)10-16(11)27(25,26)23-15-4-2-3-13(9-15)18(19,20)21/h2-5,8-10,12,23H,6-7H2,1H3,(H,22,24). The normalized spacial score (nSPS) is 14.7. The van der Waals surface area contributed by atoms with Crippen LogP contribution in [0.25, 0.3) is 0 Å². The molecule has 1 aliphatic rings. The van der Waals surface area contributed by atoms with E-state index >= 15 is 0 Å². The van der Waals surface area contributed by atoms with E-state index in [4.69, 9.17) is 0 Å². The van der Waals surface area contributed by atoms with Gasteiger partial charge in [0.05, 0.1) is 10.5 Å². The zero-order valence-electron chi connectivity index (χ0n) is 14.3. The Bertz CT molecular complexity index is 984. The summed E-state index contributed by atoms with van der Waals surface area (Å²) in [7, 11) is -4.14. The molecule has 0 bridgehead atoms. The molecule has 1 saturated carbocycles. The third kappa shape index (κ3) is 4.60. The van der Waals surface area contributed by atoms with E-state index in [1.165, 1.54) is 18.2 Å². The van der Waals surface area contributed by atoms with Gasteiger partial charge >= 0.3 is 6.18 Å². The smallest absolute Gasteiger partial charge is 0.326 e. The van der Waals surface area contributed by atoms with Crippen LogP contribution in [-0.4, -0.2) is 14.3 Å². The maximum atomic E-state index is 12.8. The summed E-state index contributed by atoms with van der Waals surface area (Å²) in [4.78, 5) is 11.7. The van der Waals surface area contributed by atoms with Crippen molar-refractivity contribution in [1.29, 1.82) is 0 Å². The average Bonchev–Trinajstić information content (AvgIpc) is 3.40. The van der Waals surface area contributed by atoms with Crippen molar-refractivity contribution in [2.75, 3.05) is 10.0 Å². The number of halogens is 3. The molecule has 0 radical (unpaired) electrons. The van der Waals surface area contributed by atoms with E-state index in [2.05, 4.69) is 10.0 Å². The largest absolute Gasteiger partial charge is 0.416 e. The molecule has 0 spiro atoms. The lowest BCUT2D eigenvalue weighted by atomic mass is 10.2. The first kappa shape index (κ1) is 19.2. The van der Waals surface area contributed by atoms with Gasteiger partial charge in [-0.1, -0.05) is 12.1 Å². The third-order valence-corrected chi connectivity index (χ3v) is 5.66. The molecular formula is C18H17F3N2O3S. The minimum absolute atomic E-state index is 0.0467. The summed E-state index contributed by atoms with van der Waals surface area (Å²) in [6.45, 7) is 1.56. The number of alkyl halides is 3. The van der Waals surface area contributed by atoms with Gasteiger partial charge in [-0.2, -0.15) is 13.2 Å². The Morgan fingerprint density at radius 1 is 1.07 bits per heavy atom. The maximum absolute atomic E-state index is 12.8. The molecule has 0 atom stereocenters. The summed E-state index contributed by atoms with van der Waals surface area (Å²) >= 11 is 0. The van der Waals surface area contributed by atoms with E-state index < -0.39 is 21.8 Å². The third-order valence-electron chi connectivity index (χ3n) is 4.14. The van der Waals surface area contributed by atoms with Gasteiger partial charge < -0.3 is 5.32 Å². The highest BCUT2D eigenvalue weighted by molar-refractivity contribution is 7.92. The highest BCUT2D eigenvalue weighted by atomic mass is 32.2. The van der Waals surface area contributed by atoms with E-state index in [1.54, 1.807) is 13.0 Å². The number of rotatable bonds is 5. The van der Waals surface area contributed by atoms with E-state index in [9.17, 15) is 26.4 Å². The first-order valence-electron chi connectivity index (χ1n) is 8.18. The highest BCUT2D eigenvalue weighted by Gasteiger charge is 2.31. The molecule has 1 aliphatic carbocycles. The number of hydrogen-bond donors (Lipinski definition) is 2. The summed E-state index contributed by atoms with van der Waals surface area (Å²) in [5.74, 6) is -0.220. The van der Waals surface area contributed by atoms with Crippen molar-refractivity contribution in [2.45, 2.75) is 30.8 Å². The molecule has 2 N–H and O–H groups in total. The van der Waals surface area contributed by atoms with Crippen LogP contribution in [0.1, 0.15) is 24.0 Å². The average molecular weight is 398 g/mol. The van der Waals surface area contributed by atoms with Crippen LogP contribution in [0.4, 0.5) is 24.5 Å². The maximum Gasteiger partial charge on any atom is 0.416 e. The van der Waals surface area contributed by atoms with Crippen molar-refractivity contribution in [3.63, 3.8) is 0 Å². The van der Waals surface area contributed by atoms with Gasteiger partial charge in [0.15, 0.2) is 0 Å². The minimum Gasteiger partial charge on any atom is -0.326 e. The Balaban J connectivity index is 1.87. The van der Waals surface area contributed by atoms with Gasteiger partial charge in [0, 0.05) is 17.3 Å². The minimum atomic E-state index is -4.58. The van der Waals surface area contributed by atoms with Gasteiger partial charge in [-0.25, -0.2) is 8.42 Å². The Morgan fingerprint density at radius 3 is 2.41 bits per heavy atom. The summed E-state index contributed by atoms with van der Waals surface area (Å²) in [6.07, 6.45) is -2.97. The lowest BCUT2D eigenvalue weighted by Gasteiger charge is -2.14.